The Hall–Kier alpha value is -2.96. The van der Waals surface area contributed by atoms with Crippen LogP contribution < -0.4 is 5.32 Å². The molecule has 0 aliphatic heterocycles. The van der Waals surface area contributed by atoms with Crippen molar-refractivity contribution in [3.63, 3.8) is 0 Å². The second kappa shape index (κ2) is 5.80. The minimum absolute atomic E-state index is 0.160. The first kappa shape index (κ1) is 14.0. The second-order valence-corrected chi connectivity index (χ2v) is 4.72. The Morgan fingerprint density at radius 1 is 1.41 bits per heavy atom. The number of amides is 1. The number of nitrogens with one attached hydrogen (secondary N) is 2. The molecule has 22 heavy (non-hydrogen) atoms. The molecule has 2 aromatic heterocycles. The lowest BCUT2D eigenvalue weighted by Crippen LogP contribution is -2.18. The molecule has 0 atom stereocenters. The average molecular weight is 300 g/mol. The molecule has 0 fully saturated rings. The summed E-state index contributed by atoms with van der Waals surface area (Å²) in [4.78, 5) is 17.7. The van der Waals surface area contributed by atoms with Gasteiger partial charge in [0.2, 0.25) is 5.91 Å². The van der Waals surface area contributed by atoms with Gasteiger partial charge in [-0.25, -0.2) is 9.37 Å². The summed E-state index contributed by atoms with van der Waals surface area (Å²) in [5.74, 6) is 0.405. The van der Waals surface area contributed by atoms with Crippen molar-refractivity contribution in [1.82, 2.24) is 20.4 Å². The Kier molecular flexibility index (Phi) is 3.69. The SMILES string of the molecule is CC(=O)NCc1cc(-c2ccc(-c3ncc[nH]3)c(F)c2)no1. The van der Waals surface area contributed by atoms with Gasteiger partial charge in [0.1, 0.15) is 17.3 Å². The van der Waals surface area contributed by atoms with E-state index in [1.807, 2.05) is 0 Å². The molecule has 3 aromatic rings. The van der Waals surface area contributed by atoms with Crippen molar-refractivity contribution in [2.45, 2.75) is 13.5 Å². The highest BCUT2D eigenvalue weighted by Crippen LogP contribution is 2.26. The van der Waals surface area contributed by atoms with E-state index in [1.165, 1.54) is 13.0 Å². The molecular weight excluding hydrogens is 287 g/mol. The predicted octanol–water partition coefficient (Wildman–Crippen LogP) is 2.51. The smallest absolute Gasteiger partial charge is 0.217 e. The molecule has 0 aliphatic carbocycles. The van der Waals surface area contributed by atoms with Gasteiger partial charge in [-0.2, -0.15) is 0 Å². The van der Waals surface area contributed by atoms with E-state index in [-0.39, 0.29) is 12.5 Å². The van der Waals surface area contributed by atoms with E-state index in [2.05, 4.69) is 20.4 Å². The van der Waals surface area contributed by atoms with Gasteiger partial charge in [0.25, 0.3) is 0 Å². The van der Waals surface area contributed by atoms with Crippen molar-refractivity contribution in [3.8, 4) is 22.6 Å². The van der Waals surface area contributed by atoms with Crippen LogP contribution in [-0.2, 0) is 11.3 Å². The number of carbonyl (C=O) groups excluding carboxylic acids is 1. The largest absolute Gasteiger partial charge is 0.359 e. The van der Waals surface area contributed by atoms with Crippen LogP contribution in [0.3, 0.4) is 0 Å². The van der Waals surface area contributed by atoms with Gasteiger partial charge in [0.15, 0.2) is 5.76 Å². The number of hydrogen-bond donors (Lipinski definition) is 2. The van der Waals surface area contributed by atoms with Crippen LogP contribution in [0.5, 0.6) is 0 Å². The average Bonchev–Trinajstić information content (AvgIpc) is 3.16. The number of rotatable bonds is 4. The van der Waals surface area contributed by atoms with Gasteiger partial charge in [-0.3, -0.25) is 4.79 Å². The zero-order valence-electron chi connectivity index (χ0n) is 11.8. The van der Waals surface area contributed by atoms with Crippen LogP contribution in [0, 0.1) is 5.82 Å². The van der Waals surface area contributed by atoms with Crippen LogP contribution in [0.2, 0.25) is 0 Å². The van der Waals surface area contributed by atoms with Gasteiger partial charge < -0.3 is 14.8 Å². The Bertz CT molecular complexity index is 796. The normalized spacial score (nSPS) is 10.6. The molecule has 0 spiro atoms. The molecule has 0 saturated heterocycles. The monoisotopic (exact) mass is 300 g/mol. The minimum Gasteiger partial charge on any atom is -0.359 e. The third-order valence-corrected chi connectivity index (χ3v) is 3.09. The molecule has 2 heterocycles. The summed E-state index contributed by atoms with van der Waals surface area (Å²) in [6, 6.07) is 6.40. The topological polar surface area (TPSA) is 83.8 Å². The summed E-state index contributed by atoms with van der Waals surface area (Å²) in [6.07, 6.45) is 3.20. The number of nitrogens with zero attached hydrogens (tertiary/aromatic N) is 2. The number of carbonyl (C=O) groups is 1. The fourth-order valence-corrected chi connectivity index (χ4v) is 2.02. The molecule has 0 radical (unpaired) electrons. The molecule has 112 valence electrons. The van der Waals surface area contributed by atoms with Crippen LogP contribution in [0.1, 0.15) is 12.7 Å². The lowest BCUT2D eigenvalue weighted by molar-refractivity contribution is -0.119. The van der Waals surface area contributed by atoms with Crippen molar-refractivity contribution >= 4 is 5.91 Å². The minimum atomic E-state index is -0.404. The fraction of sp³-hybridized carbons (Fsp3) is 0.133. The maximum absolute atomic E-state index is 14.2. The van der Waals surface area contributed by atoms with Crippen LogP contribution in [0.15, 0.2) is 41.2 Å². The molecule has 0 saturated carbocycles. The van der Waals surface area contributed by atoms with Gasteiger partial charge in [-0.15, -0.1) is 0 Å². The Balaban J connectivity index is 1.84. The van der Waals surface area contributed by atoms with Crippen molar-refractivity contribution in [1.29, 1.82) is 0 Å². The molecule has 0 unspecified atom stereocenters. The summed E-state index contributed by atoms with van der Waals surface area (Å²) in [7, 11) is 0. The third-order valence-electron chi connectivity index (χ3n) is 3.09. The number of H-pyrrole nitrogens is 1. The first-order valence-corrected chi connectivity index (χ1v) is 6.63. The molecule has 7 heteroatoms. The highest BCUT2D eigenvalue weighted by molar-refractivity contribution is 5.72. The molecule has 2 N–H and O–H groups in total. The number of halogens is 1. The number of aromatic nitrogens is 3. The van der Waals surface area contributed by atoms with Crippen molar-refractivity contribution in [2.75, 3.05) is 0 Å². The zero-order valence-corrected chi connectivity index (χ0v) is 11.8. The third kappa shape index (κ3) is 2.88. The van der Waals surface area contributed by atoms with Gasteiger partial charge in [-0.1, -0.05) is 11.2 Å². The highest BCUT2D eigenvalue weighted by atomic mass is 19.1. The first-order chi connectivity index (χ1) is 10.6. The predicted molar refractivity (Wildman–Crippen MR) is 77.0 cm³/mol. The molecule has 0 bridgehead atoms. The highest BCUT2D eigenvalue weighted by Gasteiger charge is 2.12. The van der Waals surface area contributed by atoms with Gasteiger partial charge in [-0.05, 0) is 12.1 Å². The van der Waals surface area contributed by atoms with E-state index < -0.39 is 5.82 Å². The Morgan fingerprint density at radius 2 is 2.27 bits per heavy atom. The number of imidazole rings is 1. The summed E-state index contributed by atoms with van der Waals surface area (Å²) in [5, 5.41) is 6.49. The quantitative estimate of drug-likeness (QED) is 0.775. The van der Waals surface area contributed by atoms with E-state index >= 15 is 0 Å². The van der Waals surface area contributed by atoms with E-state index in [9.17, 15) is 9.18 Å². The standard InChI is InChI=1S/C15H13FN4O2/c1-9(21)19-8-11-7-14(20-22-11)10-2-3-12(13(16)6-10)15-17-4-5-18-15/h2-7H,8H2,1H3,(H,17,18)(H,19,21). The molecule has 3 rings (SSSR count). The van der Waals surface area contributed by atoms with E-state index in [4.69, 9.17) is 4.52 Å². The molecule has 0 aliphatic rings. The summed E-state index contributed by atoms with van der Waals surface area (Å²) in [5.41, 5.74) is 1.48. The maximum atomic E-state index is 14.2. The summed E-state index contributed by atoms with van der Waals surface area (Å²) < 4.78 is 19.3. The van der Waals surface area contributed by atoms with Crippen LogP contribution in [0.25, 0.3) is 22.6 Å². The van der Waals surface area contributed by atoms with Gasteiger partial charge >= 0.3 is 0 Å². The maximum Gasteiger partial charge on any atom is 0.217 e. The van der Waals surface area contributed by atoms with Gasteiger partial charge in [0, 0.05) is 30.9 Å². The number of benzene rings is 1. The van der Waals surface area contributed by atoms with Crippen molar-refractivity contribution in [3.05, 3.63) is 48.2 Å². The lowest BCUT2D eigenvalue weighted by Gasteiger charge is -2.01. The molecular formula is C15H13FN4O2. The van der Waals surface area contributed by atoms with Crippen LogP contribution in [-0.4, -0.2) is 21.0 Å². The van der Waals surface area contributed by atoms with Crippen LogP contribution >= 0.6 is 0 Å². The molecule has 1 amide bonds. The summed E-state index contributed by atoms with van der Waals surface area (Å²) >= 11 is 0. The Morgan fingerprint density at radius 3 is 2.95 bits per heavy atom. The van der Waals surface area contributed by atoms with Crippen LogP contribution in [0.4, 0.5) is 4.39 Å². The van der Waals surface area contributed by atoms with Crippen molar-refractivity contribution in [2.24, 2.45) is 0 Å². The van der Waals surface area contributed by atoms with E-state index in [0.717, 1.165) is 0 Å². The van der Waals surface area contributed by atoms with Crippen molar-refractivity contribution < 1.29 is 13.7 Å². The molecule has 1 aromatic carbocycles. The van der Waals surface area contributed by atoms with E-state index in [1.54, 1.807) is 30.6 Å². The van der Waals surface area contributed by atoms with E-state index in [0.29, 0.717) is 28.4 Å². The lowest BCUT2D eigenvalue weighted by atomic mass is 10.1. The fourth-order valence-electron chi connectivity index (χ4n) is 2.02. The number of aromatic amines is 1. The molecule has 6 nitrogen and oxygen atoms in total. The Labute approximate surface area is 125 Å². The second-order valence-electron chi connectivity index (χ2n) is 4.72. The summed E-state index contributed by atoms with van der Waals surface area (Å²) in [6.45, 7) is 1.66. The zero-order chi connectivity index (χ0) is 15.5. The van der Waals surface area contributed by atoms with Gasteiger partial charge in [0.05, 0.1) is 12.1 Å². The number of hydrogen-bond acceptors (Lipinski definition) is 4. The first-order valence-electron chi connectivity index (χ1n) is 6.63.